The van der Waals surface area contributed by atoms with Gasteiger partial charge in [0, 0.05) is 0 Å². The van der Waals surface area contributed by atoms with Crippen molar-refractivity contribution < 1.29 is 28.6 Å². The first kappa shape index (κ1) is 18.9. The van der Waals surface area contributed by atoms with Gasteiger partial charge in [-0.05, 0) is 31.9 Å². The number of carbonyl (C=O) groups is 3. The molecule has 0 N–H and O–H groups in total. The molecule has 0 unspecified atom stereocenters. The standard InChI is InChI=1S/C15H22O6/c1-6-19-13(16)7-12(14(17)20-8-10(2)3)15(18)21-9-11(4)5/h12H,2,4,6-9H2,1,3,5H3. The lowest BCUT2D eigenvalue weighted by Crippen LogP contribution is -2.31. The van der Waals surface area contributed by atoms with E-state index in [1.165, 1.54) is 0 Å². The summed E-state index contributed by atoms with van der Waals surface area (Å²) in [5, 5.41) is 0. The number of rotatable bonds is 9. The van der Waals surface area contributed by atoms with Crippen LogP contribution in [0.3, 0.4) is 0 Å². The number of esters is 3. The summed E-state index contributed by atoms with van der Waals surface area (Å²) in [5.74, 6) is -3.68. The Kier molecular flexibility index (Phi) is 8.76. The van der Waals surface area contributed by atoms with Gasteiger partial charge in [0.15, 0.2) is 5.92 Å². The minimum Gasteiger partial charge on any atom is -0.466 e. The quantitative estimate of drug-likeness (QED) is 0.279. The molecule has 0 aliphatic carbocycles. The van der Waals surface area contributed by atoms with E-state index in [4.69, 9.17) is 14.2 Å². The van der Waals surface area contributed by atoms with Crippen LogP contribution in [-0.4, -0.2) is 37.7 Å². The van der Waals surface area contributed by atoms with Crippen LogP contribution in [0.25, 0.3) is 0 Å². The van der Waals surface area contributed by atoms with Crippen molar-refractivity contribution in [3.05, 3.63) is 24.3 Å². The third-order valence-corrected chi connectivity index (χ3v) is 2.17. The summed E-state index contributed by atoms with van der Waals surface area (Å²) >= 11 is 0. The van der Waals surface area contributed by atoms with Crippen molar-refractivity contribution in [2.24, 2.45) is 5.92 Å². The first-order chi connectivity index (χ1) is 9.77. The number of hydrogen-bond acceptors (Lipinski definition) is 6. The molecular weight excluding hydrogens is 276 g/mol. The van der Waals surface area contributed by atoms with Crippen LogP contribution in [0.2, 0.25) is 0 Å². The van der Waals surface area contributed by atoms with E-state index < -0.39 is 30.2 Å². The van der Waals surface area contributed by atoms with E-state index in [0.29, 0.717) is 11.1 Å². The van der Waals surface area contributed by atoms with Crippen molar-refractivity contribution in [1.82, 2.24) is 0 Å². The first-order valence-corrected chi connectivity index (χ1v) is 6.55. The zero-order chi connectivity index (χ0) is 16.4. The van der Waals surface area contributed by atoms with Crippen LogP contribution in [0.4, 0.5) is 0 Å². The molecule has 21 heavy (non-hydrogen) atoms. The number of carbonyl (C=O) groups excluding carboxylic acids is 3. The summed E-state index contributed by atoms with van der Waals surface area (Å²) in [6.45, 7) is 12.3. The molecule has 0 aromatic heterocycles. The van der Waals surface area contributed by atoms with Crippen molar-refractivity contribution in [2.45, 2.75) is 27.2 Å². The van der Waals surface area contributed by atoms with Gasteiger partial charge in [-0.1, -0.05) is 13.2 Å². The van der Waals surface area contributed by atoms with E-state index in [-0.39, 0.29) is 19.8 Å². The van der Waals surface area contributed by atoms with Gasteiger partial charge in [0.2, 0.25) is 0 Å². The number of hydrogen-bond donors (Lipinski definition) is 0. The van der Waals surface area contributed by atoms with Gasteiger partial charge in [-0.2, -0.15) is 0 Å². The van der Waals surface area contributed by atoms with Crippen molar-refractivity contribution in [1.29, 1.82) is 0 Å². The Morgan fingerprint density at radius 3 is 1.67 bits per heavy atom. The third kappa shape index (κ3) is 8.62. The normalized spacial score (nSPS) is 9.90. The van der Waals surface area contributed by atoms with E-state index in [9.17, 15) is 14.4 Å². The molecule has 0 radical (unpaired) electrons. The molecule has 6 heteroatoms. The van der Waals surface area contributed by atoms with Crippen LogP contribution in [0.1, 0.15) is 27.2 Å². The molecule has 0 rings (SSSR count). The summed E-state index contributed by atoms with van der Waals surface area (Å²) in [5.41, 5.74) is 1.24. The van der Waals surface area contributed by atoms with Crippen LogP contribution in [0, 0.1) is 5.92 Å². The second-order valence-corrected chi connectivity index (χ2v) is 4.69. The Balaban J connectivity index is 4.77. The summed E-state index contributed by atoms with van der Waals surface area (Å²) in [6.07, 6.45) is -0.419. The first-order valence-electron chi connectivity index (χ1n) is 6.55. The monoisotopic (exact) mass is 298 g/mol. The lowest BCUT2D eigenvalue weighted by Gasteiger charge is -2.15. The summed E-state index contributed by atoms with van der Waals surface area (Å²) in [7, 11) is 0. The Morgan fingerprint density at radius 1 is 0.905 bits per heavy atom. The maximum atomic E-state index is 11.9. The Labute approximate surface area is 124 Å². The van der Waals surface area contributed by atoms with Crippen molar-refractivity contribution in [3.8, 4) is 0 Å². The fourth-order valence-corrected chi connectivity index (χ4v) is 1.24. The highest BCUT2D eigenvalue weighted by Crippen LogP contribution is 2.12. The van der Waals surface area contributed by atoms with Gasteiger partial charge in [-0.15, -0.1) is 0 Å². The molecule has 0 amide bonds. The van der Waals surface area contributed by atoms with Gasteiger partial charge in [0.25, 0.3) is 0 Å². The average Bonchev–Trinajstić information content (AvgIpc) is 2.39. The largest absolute Gasteiger partial charge is 0.466 e. The van der Waals surface area contributed by atoms with E-state index in [1.54, 1.807) is 20.8 Å². The minimum absolute atomic E-state index is 0.0219. The molecule has 6 nitrogen and oxygen atoms in total. The predicted octanol–water partition coefficient (Wildman–Crippen LogP) is 1.79. The predicted molar refractivity (Wildman–Crippen MR) is 76.3 cm³/mol. The summed E-state index contributed by atoms with van der Waals surface area (Å²) in [4.78, 5) is 35.2. The molecule has 0 saturated carbocycles. The highest BCUT2D eigenvalue weighted by molar-refractivity contribution is 5.98. The zero-order valence-electron chi connectivity index (χ0n) is 12.8. The van der Waals surface area contributed by atoms with Crippen LogP contribution in [-0.2, 0) is 28.6 Å². The molecule has 0 bridgehead atoms. The van der Waals surface area contributed by atoms with Crippen molar-refractivity contribution in [3.63, 3.8) is 0 Å². The summed E-state index contributed by atoms with van der Waals surface area (Å²) in [6, 6.07) is 0. The maximum absolute atomic E-state index is 11.9. The molecular formula is C15H22O6. The van der Waals surface area contributed by atoms with E-state index in [2.05, 4.69) is 13.2 Å². The van der Waals surface area contributed by atoms with Crippen LogP contribution in [0.15, 0.2) is 24.3 Å². The lowest BCUT2D eigenvalue weighted by molar-refractivity contribution is -0.165. The van der Waals surface area contributed by atoms with Gasteiger partial charge in [0.05, 0.1) is 13.0 Å². The Morgan fingerprint density at radius 2 is 1.33 bits per heavy atom. The maximum Gasteiger partial charge on any atom is 0.321 e. The second kappa shape index (κ2) is 9.74. The highest BCUT2D eigenvalue weighted by atomic mass is 16.6. The van der Waals surface area contributed by atoms with Gasteiger partial charge >= 0.3 is 17.9 Å². The second-order valence-electron chi connectivity index (χ2n) is 4.69. The topological polar surface area (TPSA) is 78.9 Å². The molecule has 0 aliphatic heterocycles. The minimum atomic E-state index is -1.34. The lowest BCUT2D eigenvalue weighted by atomic mass is 10.1. The molecule has 0 spiro atoms. The van der Waals surface area contributed by atoms with Gasteiger partial charge in [-0.3, -0.25) is 14.4 Å². The van der Waals surface area contributed by atoms with E-state index >= 15 is 0 Å². The summed E-state index contributed by atoms with van der Waals surface area (Å²) < 4.78 is 14.5. The molecule has 0 aromatic rings. The highest BCUT2D eigenvalue weighted by Gasteiger charge is 2.33. The van der Waals surface area contributed by atoms with E-state index in [1.807, 2.05) is 0 Å². The Bertz CT molecular complexity index is 394. The molecule has 0 heterocycles. The van der Waals surface area contributed by atoms with Crippen LogP contribution in [0.5, 0.6) is 0 Å². The average molecular weight is 298 g/mol. The Hall–Kier alpha value is -2.11. The van der Waals surface area contributed by atoms with Gasteiger partial charge in [0.1, 0.15) is 13.2 Å². The van der Waals surface area contributed by atoms with Crippen LogP contribution >= 0.6 is 0 Å². The molecule has 0 aliphatic rings. The van der Waals surface area contributed by atoms with Crippen molar-refractivity contribution in [2.75, 3.05) is 19.8 Å². The number of ether oxygens (including phenoxy) is 3. The van der Waals surface area contributed by atoms with Crippen molar-refractivity contribution >= 4 is 17.9 Å². The molecule has 0 saturated heterocycles. The third-order valence-electron chi connectivity index (χ3n) is 2.17. The zero-order valence-corrected chi connectivity index (χ0v) is 12.8. The molecule has 118 valence electrons. The smallest absolute Gasteiger partial charge is 0.321 e. The van der Waals surface area contributed by atoms with Crippen LogP contribution < -0.4 is 0 Å². The fourth-order valence-electron chi connectivity index (χ4n) is 1.24. The molecule has 0 aromatic carbocycles. The van der Waals surface area contributed by atoms with E-state index in [0.717, 1.165) is 0 Å². The van der Waals surface area contributed by atoms with Gasteiger partial charge < -0.3 is 14.2 Å². The molecule has 0 fully saturated rings. The SMILES string of the molecule is C=C(C)COC(=O)C(CC(=O)OCC)C(=O)OCC(=C)C. The molecule has 0 atom stereocenters. The fraction of sp³-hybridized carbons (Fsp3) is 0.533. The van der Waals surface area contributed by atoms with Gasteiger partial charge in [-0.25, -0.2) is 0 Å².